The van der Waals surface area contributed by atoms with Crippen molar-refractivity contribution in [3.05, 3.63) is 66.0 Å². The van der Waals surface area contributed by atoms with Gasteiger partial charge in [0.15, 0.2) is 0 Å². The normalized spacial score (nSPS) is 14.9. The van der Waals surface area contributed by atoms with Crippen LogP contribution in [0, 0.1) is 5.82 Å². The van der Waals surface area contributed by atoms with E-state index in [9.17, 15) is 22.4 Å². The molecule has 3 rings (SSSR count). The Morgan fingerprint density at radius 1 is 0.903 bits per heavy atom. The van der Waals surface area contributed by atoms with Crippen molar-refractivity contribution in [2.75, 3.05) is 32.7 Å². The van der Waals surface area contributed by atoms with E-state index < -0.39 is 10.0 Å². The second-order valence-corrected chi connectivity index (χ2v) is 9.26. The molecule has 1 aliphatic heterocycles. The number of hydrogen-bond acceptors (Lipinski definition) is 4. The third-order valence-corrected chi connectivity index (χ3v) is 7.10. The standard InChI is InChI=1S/C22H26FN3O4S/c23-19-8-6-18(7-9-19)12-13-24-21(27)10-11-22(28)25-14-16-26(17-15-25)31(29,30)20-4-2-1-3-5-20/h1-9H,10-17H2,(H,24,27). The van der Waals surface area contributed by atoms with Gasteiger partial charge in [0.25, 0.3) is 0 Å². The molecule has 0 atom stereocenters. The van der Waals surface area contributed by atoms with Crippen molar-refractivity contribution in [1.82, 2.24) is 14.5 Å². The van der Waals surface area contributed by atoms with E-state index in [0.29, 0.717) is 26.1 Å². The summed E-state index contributed by atoms with van der Waals surface area (Å²) >= 11 is 0. The Morgan fingerprint density at radius 2 is 1.55 bits per heavy atom. The lowest BCUT2D eigenvalue weighted by atomic mass is 10.1. The number of rotatable bonds is 8. The fourth-order valence-electron chi connectivity index (χ4n) is 3.38. The van der Waals surface area contributed by atoms with Crippen LogP contribution in [0.25, 0.3) is 0 Å². The highest BCUT2D eigenvalue weighted by Gasteiger charge is 2.29. The summed E-state index contributed by atoms with van der Waals surface area (Å²) in [5.74, 6) is -0.684. The predicted octanol–water partition coefficient (Wildman–Crippen LogP) is 1.80. The molecule has 166 valence electrons. The highest BCUT2D eigenvalue weighted by atomic mass is 32.2. The molecule has 1 saturated heterocycles. The smallest absolute Gasteiger partial charge is 0.243 e. The zero-order valence-corrected chi connectivity index (χ0v) is 18.0. The Balaban J connectivity index is 1.38. The van der Waals surface area contributed by atoms with Crippen LogP contribution in [0.1, 0.15) is 18.4 Å². The van der Waals surface area contributed by atoms with Gasteiger partial charge in [-0.25, -0.2) is 12.8 Å². The summed E-state index contributed by atoms with van der Waals surface area (Å²) in [6, 6.07) is 14.3. The third kappa shape index (κ3) is 6.35. The summed E-state index contributed by atoms with van der Waals surface area (Å²) < 4.78 is 39.6. The van der Waals surface area contributed by atoms with E-state index >= 15 is 0 Å². The SMILES string of the molecule is O=C(CCC(=O)N1CCN(S(=O)(=O)c2ccccc2)CC1)NCCc1ccc(F)cc1. The van der Waals surface area contributed by atoms with Gasteiger partial charge in [0, 0.05) is 45.6 Å². The Labute approximate surface area is 181 Å². The molecule has 1 aliphatic rings. The van der Waals surface area contributed by atoms with E-state index in [4.69, 9.17) is 0 Å². The van der Waals surface area contributed by atoms with Gasteiger partial charge in [0.05, 0.1) is 4.90 Å². The van der Waals surface area contributed by atoms with Crippen LogP contribution in [0.4, 0.5) is 4.39 Å². The quantitative estimate of drug-likeness (QED) is 0.669. The van der Waals surface area contributed by atoms with Crippen LogP contribution in [-0.4, -0.2) is 62.2 Å². The first-order valence-electron chi connectivity index (χ1n) is 10.2. The van der Waals surface area contributed by atoms with Crippen molar-refractivity contribution in [1.29, 1.82) is 0 Å². The summed E-state index contributed by atoms with van der Waals surface area (Å²) in [7, 11) is -3.56. The summed E-state index contributed by atoms with van der Waals surface area (Å²) in [5, 5.41) is 2.76. The molecule has 1 heterocycles. The monoisotopic (exact) mass is 447 g/mol. The van der Waals surface area contributed by atoms with Crippen LogP contribution < -0.4 is 5.32 Å². The number of nitrogens with zero attached hydrogens (tertiary/aromatic N) is 2. The fourth-order valence-corrected chi connectivity index (χ4v) is 4.83. The molecule has 0 bridgehead atoms. The molecule has 1 fully saturated rings. The molecule has 7 nitrogen and oxygen atoms in total. The van der Waals surface area contributed by atoms with Crippen molar-refractivity contribution in [3.63, 3.8) is 0 Å². The molecule has 0 radical (unpaired) electrons. The minimum Gasteiger partial charge on any atom is -0.356 e. The van der Waals surface area contributed by atoms with Crippen LogP contribution in [0.3, 0.4) is 0 Å². The summed E-state index contributed by atoms with van der Waals surface area (Å²) in [6.07, 6.45) is 0.733. The number of hydrogen-bond donors (Lipinski definition) is 1. The lowest BCUT2D eigenvalue weighted by Crippen LogP contribution is -2.50. The van der Waals surface area contributed by atoms with Gasteiger partial charge in [-0.3, -0.25) is 9.59 Å². The number of nitrogens with one attached hydrogen (secondary N) is 1. The van der Waals surface area contributed by atoms with Crippen LogP contribution in [-0.2, 0) is 26.0 Å². The van der Waals surface area contributed by atoms with Gasteiger partial charge in [-0.05, 0) is 36.2 Å². The molecule has 1 N–H and O–H groups in total. The van der Waals surface area contributed by atoms with E-state index in [1.165, 1.54) is 16.4 Å². The second-order valence-electron chi connectivity index (χ2n) is 7.32. The minimum atomic E-state index is -3.56. The Bertz CT molecular complexity index is 989. The van der Waals surface area contributed by atoms with Gasteiger partial charge in [-0.15, -0.1) is 0 Å². The summed E-state index contributed by atoms with van der Waals surface area (Å²) in [5.41, 5.74) is 0.918. The number of sulfonamides is 1. The van der Waals surface area contributed by atoms with Gasteiger partial charge >= 0.3 is 0 Å². The average molecular weight is 448 g/mol. The molecule has 31 heavy (non-hydrogen) atoms. The zero-order valence-electron chi connectivity index (χ0n) is 17.2. The fraction of sp³-hybridized carbons (Fsp3) is 0.364. The minimum absolute atomic E-state index is 0.0742. The molecule has 2 aromatic carbocycles. The van der Waals surface area contributed by atoms with Gasteiger partial charge in [0.2, 0.25) is 21.8 Å². The molecule has 9 heteroatoms. The number of halogens is 1. The molecular formula is C22H26FN3O4S. The van der Waals surface area contributed by atoms with Crippen LogP contribution >= 0.6 is 0 Å². The predicted molar refractivity (Wildman–Crippen MR) is 114 cm³/mol. The maximum Gasteiger partial charge on any atom is 0.243 e. The van der Waals surface area contributed by atoms with E-state index in [0.717, 1.165) is 5.56 Å². The zero-order chi connectivity index (χ0) is 22.3. The lowest BCUT2D eigenvalue weighted by molar-refractivity contribution is -0.134. The maximum absolute atomic E-state index is 12.9. The number of amides is 2. The third-order valence-electron chi connectivity index (χ3n) is 5.19. The Morgan fingerprint density at radius 3 is 2.19 bits per heavy atom. The van der Waals surface area contributed by atoms with Crippen molar-refractivity contribution in [3.8, 4) is 0 Å². The average Bonchev–Trinajstić information content (AvgIpc) is 2.79. The molecule has 0 aliphatic carbocycles. The van der Waals surface area contributed by atoms with Crippen molar-refractivity contribution < 1.29 is 22.4 Å². The first-order valence-corrected chi connectivity index (χ1v) is 11.6. The molecule has 2 aromatic rings. The van der Waals surface area contributed by atoms with E-state index in [1.807, 2.05) is 0 Å². The maximum atomic E-state index is 12.9. The highest BCUT2D eigenvalue weighted by Crippen LogP contribution is 2.17. The second kappa shape index (κ2) is 10.5. The first-order chi connectivity index (χ1) is 14.9. The molecule has 0 saturated carbocycles. The lowest BCUT2D eigenvalue weighted by Gasteiger charge is -2.34. The topological polar surface area (TPSA) is 86.8 Å². The summed E-state index contributed by atoms with van der Waals surface area (Å²) in [4.78, 5) is 26.2. The molecule has 0 aromatic heterocycles. The van der Waals surface area contributed by atoms with Gasteiger partial charge < -0.3 is 10.2 Å². The van der Waals surface area contributed by atoms with Crippen LogP contribution in [0.15, 0.2) is 59.5 Å². The van der Waals surface area contributed by atoms with Crippen LogP contribution in [0.2, 0.25) is 0 Å². The first kappa shape index (κ1) is 22.9. The Hall–Kier alpha value is -2.78. The van der Waals surface area contributed by atoms with E-state index in [1.54, 1.807) is 47.4 Å². The number of carbonyl (C=O) groups excluding carboxylic acids is 2. The largest absolute Gasteiger partial charge is 0.356 e. The highest BCUT2D eigenvalue weighted by molar-refractivity contribution is 7.89. The molecule has 0 spiro atoms. The van der Waals surface area contributed by atoms with Gasteiger partial charge in [-0.2, -0.15) is 4.31 Å². The van der Waals surface area contributed by atoms with Crippen LogP contribution in [0.5, 0.6) is 0 Å². The summed E-state index contributed by atoms with van der Waals surface area (Å²) in [6.45, 7) is 1.47. The van der Waals surface area contributed by atoms with E-state index in [2.05, 4.69) is 5.32 Å². The van der Waals surface area contributed by atoms with Crippen molar-refractivity contribution in [2.45, 2.75) is 24.2 Å². The number of benzene rings is 2. The van der Waals surface area contributed by atoms with E-state index in [-0.39, 0.29) is 48.5 Å². The van der Waals surface area contributed by atoms with Crippen molar-refractivity contribution >= 4 is 21.8 Å². The number of piperazine rings is 1. The van der Waals surface area contributed by atoms with Crippen molar-refractivity contribution in [2.24, 2.45) is 0 Å². The van der Waals surface area contributed by atoms with Gasteiger partial charge in [0.1, 0.15) is 5.82 Å². The Kier molecular flexibility index (Phi) is 7.75. The number of carbonyl (C=O) groups is 2. The molecular weight excluding hydrogens is 421 g/mol. The molecule has 0 unspecified atom stereocenters. The van der Waals surface area contributed by atoms with Gasteiger partial charge in [-0.1, -0.05) is 30.3 Å². The molecule has 2 amide bonds.